The number of halogens is 1. The summed E-state index contributed by atoms with van der Waals surface area (Å²) in [5.74, 6) is 1.84. The molecule has 0 amide bonds. The molecule has 0 unspecified atom stereocenters. The Bertz CT molecular complexity index is 2360. The number of piperazine rings is 2. The molecule has 0 atom stereocenters. The van der Waals surface area contributed by atoms with Gasteiger partial charge in [0.15, 0.2) is 0 Å². The van der Waals surface area contributed by atoms with Crippen molar-refractivity contribution in [1.29, 1.82) is 10.5 Å². The van der Waals surface area contributed by atoms with Gasteiger partial charge in [-0.2, -0.15) is 15.5 Å². The van der Waals surface area contributed by atoms with E-state index in [0.29, 0.717) is 30.4 Å². The highest BCUT2D eigenvalue weighted by molar-refractivity contribution is 6.28. The second-order valence-electron chi connectivity index (χ2n) is 14.6. The quantitative estimate of drug-likeness (QED) is 0.0779. The van der Waals surface area contributed by atoms with Crippen LogP contribution in [0.25, 0.3) is 0 Å². The molecule has 0 radical (unpaired) electrons. The van der Waals surface area contributed by atoms with E-state index in [4.69, 9.17) is 27.9 Å². The zero-order chi connectivity index (χ0) is 42.8. The van der Waals surface area contributed by atoms with E-state index in [9.17, 15) is 0 Å². The molecule has 2 aliphatic rings. The van der Waals surface area contributed by atoms with Crippen molar-refractivity contribution >= 4 is 63.3 Å². The van der Waals surface area contributed by atoms with E-state index in [1.165, 1.54) is 11.4 Å². The monoisotopic (exact) mass is 834 g/mol. The van der Waals surface area contributed by atoms with Gasteiger partial charge in [-0.3, -0.25) is 0 Å². The van der Waals surface area contributed by atoms with Gasteiger partial charge < -0.3 is 41.3 Å². The van der Waals surface area contributed by atoms with E-state index < -0.39 is 0 Å². The van der Waals surface area contributed by atoms with Crippen molar-refractivity contribution in [1.82, 2.24) is 29.7 Å². The lowest BCUT2D eigenvalue weighted by Gasteiger charge is -2.34. The fourth-order valence-corrected chi connectivity index (χ4v) is 6.74. The zero-order valence-electron chi connectivity index (χ0n) is 34.5. The summed E-state index contributed by atoms with van der Waals surface area (Å²) in [5, 5.41) is 27.3. The lowest BCUT2D eigenvalue weighted by atomic mass is 10.1. The highest BCUT2D eigenvalue weighted by atomic mass is 35.5. The summed E-state index contributed by atoms with van der Waals surface area (Å²) in [5.41, 5.74) is 13.6. The van der Waals surface area contributed by atoms with Crippen LogP contribution in [0, 0.1) is 22.7 Å². The lowest BCUT2D eigenvalue weighted by Crippen LogP contribution is -2.44. The minimum absolute atomic E-state index is 0.197. The van der Waals surface area contributed by atoms with Gasteiger partial charge in [-0.1, -0.05) is 24.3 Å². The minimum Gasteiger partial charge on any atom is -0.399 e. The summed E-state index contributed by atoms with van der Waals surface area (Å²) in [6.45, 7) is 8.79. The molecule has 4 heterocycles. The first kappa shape index (κ1) is 43.6. The molecule has 2 fully saturated rings. The maximum atomic E-state index is 8.87. The summed E-state index contributed by atoms with van der Waals surface area (Å²) in [6, 6.07) is 39.7. The number of nitrogens with two attached hydrogens (primary N) is 1. The largest absolute Gasteiger partial charge is 0.399 e. The number of nitrogen functional groups attached to an aromatic ring is 1. The SMILES string of the molecule is CN1CCN(c2ccc(N)cc2)CC1.CN1CCN(c2ccc(Nc3nccc(Nc4cccc(CC#N)c4)n3)cc2)CC1.N#CCc1cccc(Nc2ccnc(Cl)n2)c1. The van der Waals surface area contributed by atoms with Gasteiger partial charge in [0.05, 0.1) is 25.0 Å². The van der Waals surface area contributed by atoms with Crippen molar-refractivity contribution in [3.8, 4) is 12.1 Å². The molecule has 2 aromatic heterocycles. The number of likely N-dealkylation sites (N-methyl/N-ethyl adjacent to an activating group) is 2. The number of nitriles is 2. The second kappa shape index (κ2) is 22.4. The van der Waals surface area contributed by atoms with Gasteiger partial charge in [-0.15, -0.1) is 0 Å². The highest BCUT2D eigenvalue weighted by Gasteiger charge is 2.15. The molecule has 6 aromatic rings. The van der Waals surface area contributed by atoms with Crippen molar-refractivity contribution in [2.75, 3.05) is 97.9 Å². The average Bonchev–Trinajstić information content (AvgIpc) is 3.26. The Morgan fingerprint density at radius 1 is 0.574 bits per heavy atom. The molecule has 61 heavy (non-hydrogen) atoms. The summed E-state index contributed by atoms with van der Waals surface area (Å²) < 4.78 is 0. The van der Waals surface area contributed by atoms with Crippen LogP contribution in [0.2, 0.25) is 5.28 Å². The van der Waals surface area contributed by atoms with E-state index >= 15 is 0 Å². The van der Waals surface area contributed by atoms with Crippen molar-refractivity contribution in [3.05, 3.63) is 138 Å². The molecule has 8 rings (SSSR count). The van der Waals surface area contributed by atoms with Crippen molar-refractivity contribution in [3.63, 3.8) is 0 Å². The molecule has 0 saturated carbocycles. The van der Waals surface area contributed by atoms with Crippen LogP contribution in [0.1, 0.15) is 11.1 Å². The van der Waals surface area contributed by atoms with Crippen molar-refractivity contribution < 1.29 is 0 Å². The molecule has 0 spiro atoms. The standard InChI is InChI=1S/C23H25N7.C12H9ClN4.C11H17N3/c1-29-13-15-30(16-14-29)21-7-5-19(6-8-21)27-23-25-12-10-22(28-23)26-20-4-2-3-18(17-20)9-11-24;13-12-15-7-5-11(17-12)16-10-3-1-2-9(8-10)4-6-14;1-13-6-8-14(9-7-13)11-4-2-10(12)3-5-11/h2-8,10,12,17H,9,13-16H2,1H3,(H2,25,26,27,28);1-3,5,7-8H,4H2,(H,15,16,17);2-5H,6-9,12H2,1H3. The molecule has 0 aliphatic carbocycles. The number of nitrogens with zero attached hydrogens (tertiary/aromatic N) is 10. The first-order valence-corrected chi connectivity index (χ1v) is 20.5. The van der Waals surface area contributed by atoms with Crippen LogP contribution in [-0.4, -0.2) is 96.2 Å². The summed E-state index contributed by atoms with van der Waals surface area (Å²) in [4.78, 5) is 26.2. The lowest BCUT2D eigenvalue weighted by molar-refractivity contribution is 0.313. The Hall–Kier alpha value is -6.97. The Morgan fingerprint density at radius 3 is 1.54 bits per heavy atom. The fraction of sp³-hybridized carbons (Fsp3) is 0.261. The molecule has 312 valence electrons. The van der Waals surface area contributed by atoms with Gasteiger partial charge in [0.25, 0.3) is 0 Å². The first-order valence-electron chi connectivity index (χ1n) is 20.1. The van der Waals surface area contributed by atoms with E-state index in [-0.39, 0.29) is 5.28 Å². The van der Waals surface area contributed by atoms with E-state index in [0.717, 1.165) is 86.2 Å². The number of rotatable bonds is 10. The van der Waals surface area contributed by atoms with Gasteiger partial charge in [-0.05, 0) is 122 Å². The Balaban J connectivity index is 0.000000169. The molecular formula is C46H51ClN14. The van der Waals surface area contributed by atoms with E-state index in [1.807, 2.05) is 66.7 Å². The smallest absolute Gasteiger partial charge is 0.229 e. The van der Waals surface area contributed by atoms with E-state index in [1.54, 1.807) is 18.5 Å². The highest BCUT2D eigenvalue weighted by Crippen LogP contribution is 2.23. The van der Waals surface area contributed by atoms with Gasteiger partial charge in [0, 0.05) is 98.9 Å². The molecule has 5 N–H and O–H groups in total. The maximum Gasteiger partial charge on any atom is 0.229 e. The zero-order valence-corrected chi connectivity index (χ0v) is 35.3. The average molecular weight is 835 g/mol. The number of aromatic nitrogens is 4. The van der Waals surface area contributed by atoms with Crippen LogP contribution in [0.15, 0.2) is 122 Å². The molecule has 2 saturated heterocycles. The van der Waals surface area contributed by atoms with Crippen molar-refractivity contribution in [2.45, 2.75) is 12.8 Å². The van der Waals surface area contributed by atoms with Crippen LogP contribution in [0.5, 0.6) is 0 Å². The van der Waals surface area contributed by atoms with Gasteiger partial charge >= 0.3 is 0 Å². The van der Waals surface area contributed by atoms with Gasteiger partial charge in [0.1, 0.15) is 11.6 Å². The van der Waals surface area contributed by atoms with Crippen molar-refractivity contribution in [2.24, 2.45) is 0 Å². The number of anilines is 9. The topological polar surface area (TPSA) is 174 Å². The van der Waals surface area contributed by atoms with Gasteiger partial charge in [0.2, 0.25) is 11.2 Å². The minimum atomic E-state index is 0.197. The molecule has 2 aliphatic heterocycles. The number of benzene rings is 4. The van der Waals surface area contributed by atoms with Crippen LogP contribution in [-0.2, 0) is 12.8 Å². The van der Waals surface area contributed by atoms with E-state index in [2.05, 4.69) is 118 Å². The fourth-order valence-electron chi connectivity index (χ4n) is 6.59. The molecule has 0 bridgehead atoms. The van der Waals surface area contributed by atoms with Crippen LogP contribution in [0.3, 0.4) is 0 Å². The predicted octanol–water partition coefficient (Wildman–Crippen LogP) is 7.74. The second-order valence-corrected chi connectivity index (χ2v) is 15.0. The normalized spacial score (nSPS) is 13.9. The first-order chi connectivity index (χ1) is 29.7. The Labute approximate surface area is 363 Å². The summed E-state index contributed by atoms with van der Waals surface area (Å²) >= 11 is 5.69. The molecule has 15 heteroatoms. The molecular weight excluding hydrogens is 784 g/mol. The Kier molecular flexibility index (Phi) is 16.0. The third-order valence-corrected chi connectivity index (χ3v) is 10.2. The summed E-state index contributed by atoms with van der Waals surface area (Å²) in [7, 11) is 4.33. The van der Waals surface area contributed by atoms with Crippen LogP contribution in [0.4, 0.5) is 51.7 Å². The Morgan fingerprint density at radius 2 is 1.05 bits per heavy atom. The maximum absolute atomic E-state index is 8.87. The molecule has 14 nitrogen and oxygen atoms in total. The van der Waals surface area contributed by atoms with Crippen LogP contribution >= 0.6 is 11.6 Å². The van der Waals surface area contributed by atoms with Gasteiger partial charge in [-0.25, -0.2) is 15.0 Å². The number of nitrogens with one attached hydrogen (secondary N) is 3. The third-order valence-electron chi connectivity index (χ3n) is 10.0. The third kappa shape index (κ3) is 14.1. The molecule has 4 aromatic carbocycles. The number of hydrogen-bond acceptors (Lipinski definition) is 14. The predicted molar refractivity (Wildman–Crippen MR) is 247 cm³/mol. The van der Waals surface area contributed by atoms with Crippen LogP contribution < -0.4 is 31.5 Å². The summed E-state index contributed by atoms with van der Waals surface area (Å²) in [6.07, 6.45) is 4.07. The number of hydrogen-bond donors (Lipinski definition) is 4.